The number of aromatic nitrogens is 2. The number of carboxylic acid groups (broad SMARTS) is 1. The van der Waals surface area contributed by atoms with Gasteiger partial charge in [0.05, 0.1) is 11.8 Å². The number of aliphatic hydroxyl groups excluding tert-OH is 1. The summed E-state index contributed by atoms with van der Waals surface area (Å²) in [5.41, 5.74) is 0.247. The van der Waals surface area contributed by atoms with Gasteiger partial charge in [0.1, 0.15) is 11.1 Å². The van der Waals surface area contributed by atoms with Gasteiger partial charge in [-0.25, -0.2) is 4.98 Å². The van der Waals surface area contributed by atoms with Crippen molar-refractivity contribution in [3.63, 3.8) is 0 Å². The Hall–Kier alpha value is -1.88. The number of pyridine rings is 1. The molecule has 0 aromatic carbocycles. The minimum atomic E-state index is -1.01. The molecule has 0 bridgehead atoms. The third-order valence-corrected chi connectivity index (χ3v) is 3.43. The Kier molecular flexibility index (Phi) is 2.00. The summed E-state index contributed by atoms with van der Waals surface area (Å²) >= 11 is 0. The largest absolute Gasteiger partial charge is 0.481 e. The van der Waals surface area contributed by atoms with E-state index in [-0.39, 0.29) is 12.8 Å². The van der Waals surface area contributed by atoms with Crippen molar-refractivity contribution in [3.05, 3.63) is 36.3 Å². The number of carbonyl (C=O) groups is 1. The molecule has 0 unspecified atom stereocenters. The highest BCUT2D eigenvalue weighted by atomic mass is 16.4. The number of aliphatic carboxylic acids is 1. The smallest absolute Gasteiger partial charge is 0.316 e. The molecule has 3 rings (SSSR count). The topological polar surface area (TPSA) is 74.8 Å². The highest BCUT2D eigenvalue weighted by Gasteiger charge is 2.53. The van der Waals surface area contributed by atoms with Crippen LogP contribution in [0.15, 0.2) is 30.6 Å². The Bertz CT molecular complexity index is 551. The van der Waals surface area contributed by atoms with E-state index in [4.69, 9.17) is 0 Å². The summed E-state index contributed by atoms with van der Waals surface area (Å²) in [5.74, 6) is -0.911. The van der Waals surface area contributed by atoms with Gasteiger partial charge in [-0.1, -0.05) is 6.07 Å². The van der Waals surface area contributed by atoms with E-state index < -0.39 is 17.5 Å². The first-order valence-electron chi connectivity index (χ1n) is 5.47. The maximum Gasteiger partial charge on any atom is 0.316 e. The molecule has 1 aliphatic rings. The van der Waals surface area contributed by atoms with E-state index in [1.165, 1.54) is 0 Å². The van der Waals surface area contributed by atoms with Gasteiger partial charge in [-0.15, -0.1) is 0 Å². The maximum absolute atomic E-state index is 11.4. The summed E-state index contributed by atoms with van der Waals surface area (Å²) in [6.45, 7) is 0. The lowest BCUT2D eigenvalue weighted by Crippen LogP contribution is -2.50. The van der Waals surface area contributed by atoms with E-state index in [1.807, 2.05) is 24.4 Å². The zero-order valence-corrected chi connectivity index (χ0v) is 9.08. The normalized spacial score (nSPS) is 27.9. The molecular weight excluding hydrogens is 220 g/mol. The van der Waals surface area contributed by atoms with Gasteiger partial charge in [-0.3, -0.25) is 4.79 Å². The van der Waals surface area contributed by atoms with Crippen molar-refractivity contribution in [3.8, 4) is 0 Å². The van der Waals surface area contributed by atoms with Gasteiger partial charge in [-0.05, 0) is 25.0 Å². The Morgan fingerprint density at radius 3 is 2.82 bits per heavy atom. The molecule has 0 spiro atoms. The predicted octanol–water partition coefficient (Wildman–Crippen LogP) is 0.811. The number of hydrogen-bond acceptors (Lipinski definition) is 3. The standard InChI is InChI=1S/C12H12N2O3/c15-8-5-12(6-8,11(16)17)9-7-14-4-2-1-3-10(14)13-9/h1-4,7-8,15H,5-6H2,(H,16,17). The zero-order valence-electron chi connectivity index (χ0n) is 9.08. The van der Waals surface area contributed by atoms with Crippen LogP contribution in [0.25, 0.3) is 5.65 Å². The summed E-state index contributed by atoms with van der Waals surface area (Å²) in [6.07, 6.45) is 3.51. The Balaban J connectivity index is 2.10. The summed E-state index contributed by atoms with van der Waals surface area (Å²) < 4.78 is 1.80. The van der Waals surface area contributed by atoms with Crippen molar-refractivity contribution in [2.45, 2.75) is 24.4 Å². The molecule has 0 atom stereocenters. The molecule has 2 heterocycles. The van der Waals surface area contributed by atoms with Crippen LogP contribution in [-0.2, 0) is 10.2 Å². The van der Waals surface area contributed by atoms with Crippen molar-refractivity contribution in [2.24, 2.45) is 0 Å². The lowest BCUT2D eigenvalue weighted by atomic mass is 9.65. The van der Waals surface area contributed by atoms with E-state index in [0.717, 1.165) is 5.65 Å². The fraction of sp³-hybridized carbons (Fsp3) is 0.333. The van der Waals surface area contributed by atoms with Crippen molar-refractivity contribution in [1.82, 2.24) is 9.38 Å². The lowest BCUT2D eigenvalue weighted by Gasteiger charge is -2.40. The van der Waals surface area contributed by atoms with E-state index in [9.17, 15) is 15.0 Å². The number of rotatable bonds is 2. The lowest BCUT2D eigenvalue weighted by molar-refractivity contribution is -0.153. The molecule has 5 heteroatoms. The van der Waals surface area contributed by atoms with E-state index in [1.54, 1.807) is 10.6 Å². The van der Waals surface area contributed by atoms with Crippen molar-refractivity contribution >= 4 is 11.6 Å². The van der Waals surface area contributed by atoms with E-state index >= 15 is 0 Å². The highest BCUT2D eigenvalue weighted by Crippen LogP contribution is 2.43. The van der Waals surface area contributed by atoms with Gasteiger partial charge in [0.25, 0.3) is 0 Å². The van der Waals surface area contributed by atoms with Gasteiger partial charge in [-0.2, -0.15) is 0 Å². The van der Waals surface area contributed by atoms with Crippen LogP contribution in [-0.4, -0.2) is 31.7 Å². The number of aliphatic hydroxyl groups is 1. The van der Waals surface area contributed by atoms with Crippen LogP contribution in [0.5, 0.6) is 0 Å². The second kappa shape index (κ2) is 3.30. The van der Waals surface area contributed by atoms with Gasteiger partial charge in [0, 0.05) is 12.4 Å². The molecule has 1 saturated carbocycles. The van der Waals surface area contributed by atoms with Crippen LogP contribution in [0.1, 0.15) is 18.5 Å². The fourth-order valence-electron chi connectivity index (χ4n) is 2.40. The van der Waals surface area contributed by atoms with Crippen LogP contribution in [0, 0.1) is 0 Å². The Labute approximate surface area is 97.3 Å². The van der Waals surface area contributed by atoms with Gasteiger partial charge < -0.3 is 14.6 Å². The molecule has 1 fully saturated rings. The minimum absolute atomic E-state index is 0.242. The fourth-order valence-corrected chi connectivity index (χ4v) is 2.40. The third-order valence-electron chi connectivity index (χ3n) is 3.43. The molecule has 17 heavy (non-hydrogen) atoms. The third kappa shape index (κ3) is 1.36. The molecular formula is C12H12N2O3. The van der Waals surface area contributed by atoms with Crippen molar-refractivity contribution < 1.29 is 15.0 Å². The first-order valence-corrected chi connectivity index (χ1v) is 5.47. The Morgan fingerprint density at radius 1 is 1.47 bits per heavy atom. The first-order chi connectivity index (χ1) is 8.12. The monoisotopic (exact) mass is 232 g/mol. The van der Waals surface area contributed by atoms with E-state index in [0.29, 0.717) is 5.69 Å². The molecule has 0 radical (unpaired) electrons. The quantitative estimate of drug-likeness (QED) is 0.803. The van der Waals surface area contributed by atoms with Crippen LogP contribution in [0.4, 0.5) is 0 Å². The average molecular weight is 232 g/mol. The van der Waals surface area contributed by atoms with Gasteiger partial charge in [0.15, 0.2) is 0 Å². The van der Waals surface area contributed by atoms with Crippen LogP contribution >= 0.6 is 0 Å². The second-order valence-corrected chi connectivity index (χ2v) is 4.54. The van der Waals surface area contributed by atoms with Crippen LogP contribution in [0.3, 0.4) is 0 Å². The number of carboxylic acids is 1. The minimum Gasteiger partial charge on any atom is -0.481 e. The zero-order chi connectivity index (χ0) is 12.0. The summed E-state index contributed by atoms with van der Waals surface area (Å²) in [4.78, 5) is 15.7. The van der Waals surface area contributed by atoms with Gasteiger partial charge >= 0.3 is 5.97 Å². The van der Waals surface area contributed by atoms with Gasteiger partial charge in [0.2, 0.25) is 0 Å². The molecule has 5 nitrogen and oxygen atoms in total. The van der Waals surface area contributed by atoms with E-state index in [2.05, 4.69) is 4.98 Å². The number of fused-ring (bicyclic) bond motifs is 1. The summed E-state index contributed by atoms with van der Waals surface area (Å²) in [6, 6.07) is 5.55. The average Bonchev–Trinajstić information content (AvgIpc) is 2.67. The molecule has 2 aromatic heterocycles. The molecule has 2 aromatic rings. The first kappa shape index (κ1) is 10.3. The molecule has 0 aliphatic heterocycles. The highest BCUT2D eigenvalue weighted by molar-refractivity contribution is 5.82. The van der Waals surface area contributed by atoms with Crippen molar-refractivity contribution in [1.29, 1.82) is 0 Å². The van der Waals surface area contributed by atoms with Crippen LogP contribution in [0.2, 0.25) is 0 Å². The summed E-state index contributed by atoms with van der Waals surface area (Å²) in [5, 5.41) is 18.7. The molecule has 0 amide bonds. The molecule has 1 aliphatic carbocycles. The maximum atomic E-state index is 11.4. The Morgan fingerprint density at radius 2 is 2.24 bits per heavy atom. The number of hydrogen-bond donors (Lipinski definition) is 2. The number of imidazole rings is 1. The van der Waals surface area contributed by atoms with Crippen molar-refractivity contribution in [2.75, 3.05) is 0 Å². The molecule has 2 N–H and O–H groups in total. The SMILES string of the molecule is O=C(O)C1(c2cn3ccccc3n2)CC(O)C1. The second-order valence-electron chi connectivity index (χ2n) is 4.54. The molecule has 88 valence electrons. The summed E-state index contributed by atoms with van der Waals surface area (Å²) in [7, 11) is 0. The predicted molar refractivity (Wildman–Crippen MR) is 59.7 cm³/mol. The molecule has 0 saturated heterocycles. The van der Waals surface area contributed by atoms with Crippen LogP contribution < -0.4 is 0 Å². The number of nitrogens with zero attached hydrogens (tertiary/aromatic N) is 2.